The minimum absolute atomic E-state index is 0.0308. The van der Waals surface area contributed by atoms with Crippen LogP contribution in [0.1, 0.15) is 25.8 Å². The Morgan fingerprint density at radius 2 is 1.87 bits per heavy atom. The lowest BCUT2D eigenvalue weighted by molar-refractivity contribution is -0.147. The van der Waals surface area contributed by atoms with E-state index in [1.807, 2.05) is 49.9 Å². The van der Waals surface area contributed by atoms with Gasteiger partial charge < -0.3 is 14.5 Å². The Labute approximate surface area is 137 Å². The van der Waals surface area contributed by atoms with E-state index in [-0.39, 0.29) is 29.9 Å². The molecule has 2 aliphatic rings. The van der Waals surface area contributed by atoms with Gasteiger partial charge in [-0.15, -0.1) is 0 Å². The maximum absolute atomic E-state index is 12.8. The summed E-state index contributed by atoms with van der Waals surface area (Å²) in [6.45, 7) is 7.66. The van der Waals surface area contributed by atoms with Crippen LogP contribution in [-0.2, 0) is 14.3 Å². The quantitative estimate of drug-likeness (QED) is 0.838. The smallest absolute Gasteiger partial charge is 0.228 e. The van der Waals surface area contributed by atoms with Gasteiger partial charge in [0, 0.05) is 31.7 Å². The highest BCUT2D eigenvalue weighted by Crippen LogP contribution is 2.27. The Bertz CT molecular complexity index is 606. The SMILES string of the molecule is Cc1cccc(N2C[C@H](C(=O)N3C[C@@H](C)O[C@@H](C)C3)CC2=O)c1. The summed E-state index contributed by atoms with van der Waals surface area (Å²) in [7, 11) is 0. The number of nitrogens with zero attached hydrogens (tertiary/aromatic N) is 2. The second-order valence-corrected chi connectivity index (χ2v) is 6.74. The standard InChI is InChI=1S/C18H24N2O3/c1-12-5-4-6-16(7-12)20-11-15(8-17(20)21)18(22)19-9-13(2)23-14(3)10-19/h4-7,13-15H,8-11H2,1-3H3/t13-,14+,15-/m1/s1. The Kier molecular flexibility index (Phi) is 4.39. The lowest BCUT2D eigenvalue weighted by Gasteiger charge is -2.36. The van der Waals surface area contributed by atoms with Crippen molar-refractivity contribution >= 4 is 17.5 Å². The summed E-state index contributed by atoms with van der Waals surface area (Å²) in [5, 5.41) is 0. The van der Waals surface area contributed by atoms with E-state index in [2.05, 4.69) is 0 Å². The molecule has 0 radical (unpaired) electrons. The number of hydrogen-bond acceptors (Lipinski definition) is 3. The highest BCUT2D eigenvalue weighted by atomic mass is 16.5. The van der Waals surface area contributed by atoms with Crippen molar-refractivity contribution in [2.75, 3.05) is 24.5 Å². The number of anilines is 1. The van der Waals surface area contributed by atoms with Crippen molar-refractivity contribution in [1.82, 2.24) is 4.90 Å². The molecule has 5 heteroatoms. The molecule has 124 valence electrons. The molecule has 1 aromatic rings. The van der Waals surface area contributed by atoms with E-state index in [1.54, 1.807) is 4.90 Å². The van der Waals surface area contributed by atoms with Crippen molar-refractivity contribution < 1.29 is 14.3 Å². The number of morpholine rings is 1. The van der Waals surface area contributed by atoms with Gasteiger partial charge in [0.05, 0.1) is 18.1 Å². The molecular weight excluding hydrogens is 292 g/mol. The van der Waals surface area contributed by atoms with Crippen LogP contribution in [0.15, 0.2) is 24.3 Å². The second-order valence-electron chi connectivity index (χ2n) is 6.74. The van der Waals surface area contributed by atoms with Crippen molar-refractivity contribution in [3.8, 4) is 0 Å². The molecule has 3 atom stereocenters. The average Bonchev–Trinajstić information content (AvgIpc) is 2.87. The molecule has 0 N–H and O–H groups in total. The van der Waals surface area contributed by atoms with Gasteiger partial charge in [0.1, 0.15) is 0 Å². The van der Waals surface area contributed by atoms with Gasteiger partial charge in [-0.25, -0.2) is 0 Å². The summed E-state index contributed by atoms with van der Waals surface area (Å²) < 4.78 is 5.68. The first kappa shape index (κ1) is 16.0. The van der Waals surface area contributed by atoms with Crippen molar-refractivity contribution in [3.05, 3.63) is 29.8 Å². The monoisotopic (exact) mass is 316 g/mol. The molecule has 1 aromatic carbocycles. The van der Waals surface area contributed by atoms with Gasteiger partial charge >= 0.3 is 0 Å². The Balaban J connectivity index is 1.70. The summed E-state index contributed by atoms with van der Waals surface area (Å²) in [5.74, 6) is -0.140. The third kappa shape index (κ3) is 3.39. The van der Waals surface area contributed by atoms with Crippen LogP contribution in [0, 0.1) is 12.8 Å². The van der Waals surface area contributed by atoms with Crippen LogP contribution in [-0.4, -0.2) is 48.6 Å². The third-order valence-corrected chi connectivity index (χ3v) is 4.52. The highest BCUT2D eigenvalue weighted by molar-refractivity contribution is 6.00. The first-order chi connectivity index (χ1) is 10.9. The van der Waals surface area contributed by atoms with Crippen molar-refractivity contribution in [2.24, 2.45) is 5.92 Å². The van der Waals surface area contributed by atoms with Crippen molar-refractivity contribution in [2.45, 2.75) is 39.4 Å². The fraction of sp³-hybridized carbons (Fsp3) is 0.556. The highest BCUT2D eigenvalue weighted by Gasteiger charge is 2.38. The summed E-state index contributed by atoms with van der Waals surface area (Å²) >= 11 is 0. The predicted molar refractivity (Wildman–Crippen MR) is 88.2 cm³/mol. The fourth-order valence-electron chi connectivity index (χ4n) is 3.53. The van der Waals surface area contributed by atoms with Crippen LogP contribution in [0.25, 0.3) is 0 Å². The van der Waals surface area contributed by atoms with Gasteiger partial charge in [0.25, 0.3) is 0 Å². The molecule has 0 aliphatic carbocycles. The van der Waals surface area contributed by atoms with Crippen LogP contribution in [0.2, 0.25) is 0 Å². The summed E-state index contributed by atoms with van der Waals surface area (Å²) in [4.78, 5) is 28.7. The topological polar surface area (TPSA) is 49.9 Å². The maximum Gasteiger partial charge on any atom is 0.228 e. The van der Waals surface area contributed by atoms with Gasteiger partial charge in [0.15, 0.2) is 0 Å². The zero-order valence-electron chi connectivity index (χ0n) is 14.0. The van der Waals surface area contributed by atoms with Gasteiger partial charge in [-0.05, 0) is 38.5 Å². The number of aryl methyl sites for hydroxylation is 1. The van der Waals surface area contributed by atoms with Gasteiger partial charge in [0.2, 0.25) is 11.8 Å². The van der Waals surface area contributed by atoms with Crippen molar-refractivity contribution in [3.63, 3.8) is 0 Å². The summed E-state index contributed by atoms with van der Waals surface area (Å²) in [6, 6.07) is 7.86. The summed E-state index contributed by atoms with van der Waals surface area (Å²) in [6.07, 6.45) is 0.396. The van der Waals surface area contributed by atoms with Crippen LogP contribution < -0.4 is 4.90 Å². The van der Waals surface area contributed by atoms with E-state index < -0.39 is 0 Å². The predicted octanol–water partition coefficient (Wildman–Crippen LogP) is 1.98. The number of rotatable bonds is 2. The molecule has 2 amide bonds. The number of benzene rings is 1. The molecule has 2 fully saturated rings. The minimum atomic E-state index is -0.250. The zero-order valence-corrected chi connectivity index (χ0v) is 14.0. The van der Waals surface area contributed by atoms with Gasteiger partial charge in [-0.1, -0.05) is 12.1 Å². The van der Waals surface area contributed by atoms with E-state index in [4.69, 9.17) is 4.74 Å². The molecule has 0 saturated carbocycles. The van der Waals surface area contributed by atoms with Crippen LogP contribution in [0.5, 0.6) is 0 Å². The van der Waals surface area contributed by atoms with E-state index in [0.29, 0.717) is 26.1 Å². The zero-order chi connectivity index (χ0) is 16.6. The first-order valence-corrected chi connectivity index (χ1v) is 8.25. The second kappa shape index (κ2) is 6.32. The molecular formula is C18H24N2O3. The molecule has 23 heavy (non-hydrogen) atoms. The van der Waals surface area contributed by atoms with E-state index in [0.717, 1.165) is 11.3 Å². The maximum atomic E-state index is 12.8. The molecule has 5 nitrogen and oxygen atoms in total. The number of carbonyl (C=O) groups is 2. The molecule has 0 unspecified atom stereocenters. The van der Waals surface area contributed by atoms with Crippen LogP contribution >= 0.6 is 0 Å². The van der Waals surface area contributed by atoms with Gasteiger partial charge in [-0.2, -0.15) is 0 Å². The Morgan fingerprint density at radius 3 is 2.52 bits per heavy atom. The Hall–Kier alpha value is -1.88. The van der Waals surface area contributed by atoms with Crippen molar-refractivity contribution in [1.29, 1.82) is 0 Å². The number of carbonyl (C=O) groups excluding carboxylic acids is 2. The lowest BCUT2D eigenvalue weighted by atomic mass is 10.1. The third-order valence-electron chi connectivity index (χ3n) is 4.52. The lowest BCUT2D eigenvalue weighted by Crippen LogP contribution is -2.50. The number of ether oxygens (including phenoxy) is 1. The van der Waals surface area contributed by atoms with E-state index >= 15 is 0 Å². The Morgan fingerprint density at radius 1 is 1.17 bits per heavy atom. The molecule has 2 aliphatic heterocycles. The van der Waals surface area contributed by atoms with Gasteiger partial charge in [-0.3, -0.25) is 9.59 Å². The summed E-state index contributed by atoms with van der Waals surface area (Å²) in [5.41, 5.74) is 2.00. The van der Waals surface area contributed by atoms with E-state index in [1.165, 1.54) is 0 Å². The van der Waals surface area contributed by atoms with E-state index in [9.17, 15) is 9.59 Å². The number of amides is 2. The molecule has 3 rings (SSSR count). The number of hydrogen-bond donors (Lipinski definition) is 0. The molecule has 0 bridgehead atoms. The van der Waals surface area contributed by atoms with Crippen LogP contribution in [0.4, 0.5) is 5.69 Å². The minimum Gasteiger partial charge on any atom is -0.372 e. The normalized spacial score (nSPS) is 28.3. The largest absolute Gasteiger partial charge is 0.372 e. The molecule has 0 spiro atoms. The van der Waals surface area contributed by atoms with Crippen LogP contribution in [0.3, 0.4) is 0 Å². The molecule has 2 saturated heterocycles. The first-order valence-electron chi connectivity index (χ1n) is 8.25. The molecule has 0 aromatic heterocycles. The average molecular weight is 316 g/mol. The molecule has 2 heterocycles. The fourth-order valence-corrected chi connectivity index (χ4v) is 3.53.